The maximum Gasteiger partial charge on any atom is 0.158 e. The summed E-state index contributed by atoms with van der Waals surface area (Å²) in [6.45, 7) is 4.00. The quantitative estimate of drug-likeness (QED) is 0.677. The van der Waals surface area contributed by atoms with Crippen molar-refractivity contribution in [1.29, 1.82) is 0 Å². The van der Waals surface area contributed by atoms with E-state index < -0.39 is 0 Å². The van der Waals surface area contributed by atoms with Crippen LogP contribution in [-0.2, 0) is 0 Å². The zero-order valence-electron chi connectivity index (χ0n) is 10.1. The van der Waals surface area contributed by atoms with Crippen LogP contribution >= 0.6 is 0 Å². The van der Waals surface area contributed by atoms with Gasteiger partial charge < -0.3 is 10.7 Å². The number of rotatable bonds is 1. The molecular weight excluding hydrogens is 214 g/mol. The van der Waals surface area contributed by atoms with Crippen molar-refractivity contribution in [2.75, 3.05) is 5.73 Å². The Balaban J connectivity index is 0.000000514. The smallest absolute Gasteiger partial charge is 0.158 e. The highest BCUT2D eigenvalue weighted by Gasteiger charge is 2.08. The molecule has 1 aliphatic rings. The summed E-state index contributed by atoms with van der Waals surface area (Å²) in [7, 11) is 0. The van der Waals surface area contributed by atoms with Crippen LogP contribution in [0.25, 0.3) is 23.7 Å². The molecule has 1 aliphatic carbocycles. The Hall–Kier alpha value is -2.04. The molecule has 5 nitrogen and oxygen atoms in total. The first-order valence-electron chi connectivity index (χ1n) is 5.90. The van der Waals surface area contributed by atoms with E-state index >= 15 is 0 Å². The van der Waals surface area contributed by atoms with Gasteiger partial charge >= 0.3 is 0 Å². The molecular formula is C12H17N5. The Kier molecular flexibility index (Phi) is 3.27. The summed E-state index contributed by atoms with van der Waals surface area (Å²) >= 11 is 0. The van der Waals surface area contributed by atoms with Crippen molar-refractivity contribution in [2.24, 2.45) is 0 Å². The van der Waals surface area contributed by atoms with Crippen molar-refractivity contribution in [1.82, 2.24) is 20.2 Å². The molecule has 0 aromatic carbocycles. The number of H-pyrrole nitrogens is 2. The van der Waals surface area contributed by atoms with Crippen LogP contribution in [-0.4, -0.2) is 20.2 Å². The van der Waals surface area contributed by atoms with Gasteiger partial charge in [-0.1, -0.05) is 26.0 Å². The predicted octanol–water partition coefficient (Wildman–Crippen LogP) is 0.763. The zero-order valence-corrected chi connectivity index (χ0v) is 10.1. The van der Waals surface area contributed by atoms with Gasteiger partial charge in [0, 0.05) is 0 Å². The zero-order chi connectivity index (χ0) is 12.3. The second-order valence-electron chi connectivity index (χ2n) is 3.57. The lowest BCUT2D eigenvalue weighted by atomic mass is 10.2. The van der Waals surface area contributed by atoms with Crippen LogP contribution in [0.3, 0.4) is 0 Å². The first-order valence-corrected chi connectivity index (χ1v) is 5.90. The molecule has 0 bridgehead atoms. The fourth-order valence-corrected chi connectivity index (χ4v) is 1.76. The molecule has 5 heteroatoms. The molecule has 0 aliphatic heterocycles. The molecule has 0 fully saturated rings. The molecule has 2 aromatic rings. The van der Waals surface area contributed by atoms with Gasteiger partial charge in [-0.25, -0.2) is 4.98 Å². The third-order valence-corrected chi connectivity index (χ3v) is 2.52. The van der Waals surface area contributed by atoms with E-state index in [0.29, 0.717) is 5.69 Å². The summed E-state index contributed by atoms with van der Waals surface area (Å²) in [6, 6.07) is 0. The molecule has 2 heterocycles. The standard InChI is InChI=1S/C10H11N5.C2H6/c11-6-5-12-15-9(6)10-13-7-3-1-2-4-8(7)14-10;1-2/h3-5H,1-2,11H2,(H,12,15)(H,13,14);1-2H3. The van der Waals surface area contributed by atoms with Crippen LogP contribution in [0.5, 0.6) is 0 Å². The maximum atomic E-state index is 5.76. The van der Waals surface area contributed by atoms with E-state index in [4.69, 9.17) is 5.73 Å². The van der Waals surface area contributed by atoms with Crippen LogP contribution in [0.2, 0.25) is 0 Å². The van der Waals surface area contributed by atoms with E-state index in [1.165, 1.54) is 0 Å². The third kappa shape index (κ3) is 2.08. The maximum absolute atomic E-state index is 5.76. The molecule has 3 rings (SSSR count). The minimum atomic E-state index is 0.612. The van der Waals surface area contributed by atoms with Crippen LogP contribution in [0, 0.1) is 0 Å². The van der Waals surface area contributed by atoms with Gasteiger partial charge in [-0.3, -0.25) is 5.10 Å². The molecule has 0 saturated carbocycles. The van der Waals surface area contributed by atoms with Gasteiger partial charge in [-0.15, -0.1) is 0 Å². The number of nitrogens with one attached hydrogen (secondary N) is 2. The number of nitrogens with zero attached hydrogens (tertiary/aromatic N) is 2. The summed E-state index contributed by atoms with van der Waals surface area (Å²) in [5, 5.41) is 8.79. The van der Waals surface area contributed by atoms with Gasteiger partial charge in [-0.05, 0) is 12.8 Å². The fourth-order valence-electron chi connectivity index (χ4n) is 1.76. The predicted molar refractivity (Wildman–Crippen MR) is 69.3 cm³/mol. The first kappa shape index (κ1) is 11.4. The van der Waals surface area contributed by atoms with Gasteiger partial charge in [0.25, 0.3) is 0 Å². The van der Waals surface area contributed by atoms with Crippen molar-refractivity contribution in [3.63, 3.8) is 0 Å². The first-order chi connectivity index (χ1) is 8.34. The molecule has 4 N–H and O–H groups in total. The van der Waals surface area contributed by atoms with E-state index in [0.717, 1.165) is 35.1 Å². The minimum absolute atomic E-state index is 0.612. The summed E-state index contributed by atoms with van der Waals surface area (Å²) in [5.41, 5.74) is 7.12. The van der Waals surface area contributed by atoms with Crippen molar-refractivity contribution < 1.29 is 0 Å². The van der Waals surface area contributed by atoms with Crippen molar-refractivity contribution in [3.8, 4) is 11.5 Å². The summed E-state index contributed by atoms with van der Waals surface area (Å²) in [6.07, 6.45) is 7.98. The van der Waals surface area contributed by atoms with E-state index in [-0.39, 0.29) is 0 Å². The Morgan fingerprint density at radius 1 is 1.24 bits per heavy atom. The van der Waals surface area contributed by atoms with E-state index in [1.807, 2.05) is 13.8 Å². The highest BCUT2D eigenvalue weighted by atomic mass is 15.1. The monoisotopic (exact) mass is 231 g/mol. The number of aromatic nitrogens is 4. The average Bonchev–Trinajstić information content (AvgIpc) is 2.96. The van der Waals surface area contributed by atoms with Crippen LogP contribution < -0.4 is 16.4 Å². The summed E-state index contributed by atoms with van der Waals surface area (Å²) < 4.78 is 0. The molecule has 0 spiro atoms. The number of nitrogen functional groups attached to an aromatic ring is 1. The van der Waals surface area contributed by atoms with Gasteiger partial charge in [-0.2, -0.15) is 5.10 Å². The largest absolute Gasteiger partial charge is 0.396 e. The summed E-state index contributed by atoms with van der Waals surface area (Å²) in [5.74, 6) is 0.754. The number of anilines is 1. The van der Waals surface area contributed by atoms with E-state index in [1.54, 1.807) is 6.20 Å². The minimum Gasteiger partial charge on any atom is -0.396 e. The van der Waals surface area contributed by atoms with E-state index in [2.05, 4.69) is 32.3 Å². The van der Waals surface area contributed by atoms with Crippen LogP contribution in [0.15, 0.2) is 6.20 Å². The Morgan fingerprint density at radius 2 is 2.00 bits per heavy atom. The van der Waals surface area contributed by atoms with Crippen LogP contribution in [0.4, 0.5) is 5.69 Å². The lowest BCUT2D eigenvalue weighted by Gasteiger charge is -1.91. The molecule has 0 radical (unpaired) electrons. The van der Waals surface area contributed by atoms with Gasteiger partial charge in [0.2, 0.25) is 0 Å². The Morgan fingerprint density at radius 3 is 2.65 bits per heavy atom. The topological polar surface area (TPSA) is 83.4 Å². The van der Waals surface area contributed by atoms with Gasteiger partial charge in [0.15, 0.2) is 5.82 Å². The number of aromatic amines is 2. The van der Waals surface area contributed by atoms with Crippen molar-refractivity contribution >= 4 is 17.8 Å². The molecule has 17 heavy (non-hydrogen) atoms. The normalized spacial score (nSPS) is 12.8. The second-order valence-corrected chi connectivity index (χ2v) is 3.57. The highest BCUT2D eigenvalue weighted by molar-refractivity contribution is 5.66. The lowest BCUT2D eigenvalue weighted by Crippen LogP contribution is -2.26. The van der Waals surface area contributed by atoms with Crippen molar-refractivity contribution in [3.05, 3.63) is 16.9 Å². The third-order valence-electron chi connectivity index (χ3n) is 2.52. The molecule has 0 saturated heterocycles. The number of hydrogen-bond acceptors (Lipinski definition) is 3. The number of nitrogens with two attached hydrogens (primary N) is 1. The van der Waals surface area contributed by atoms with Crippen LogP contribution in [0.1, 0.15) is 26.7 Å². The SMILES string of the molecule is CC.Nc1cn[nH]c1-c1nc2c([nH]1)=CCCC=2. The van der Waals surface area contributed by atoms with E-state index in [9.17, 15) is 0 Å². The average molecular weight is 231 g/mol. The molecule has 0 amide bonds. The number of fused-ring (bicyclic) bond motifs is 1. The lowest BCUT2D eigenvalue weighted by molar-refractivity contribution is 1.08. The Labute approximate surface area is 99.5 Å². The number of imidazole rings is 1. The second kappa shape index (κ2) is 4.86. The molecule has 90 valence electrons. The highest BCUT2D eigenvalue weighted by Crippen LogP contribution is 2.16. The van der Waals surface area contributed by atoms with Gasteiger partial charge in [0.1, 0.15) is 5.69 Å². The van der Waals surface area contributed by atoms with Gasteiger partial charge in [0.05, 0.1) is 22.6 Å². The molecule has 2 aromatic heterocycles. The van der Waals surface area contributed by atoms with Crippen molar-refractivity contribution in [2.45, 2.75) is 26.7 Å². The summed E-state index contributed by atoms with van der Waals surface area (Å²) in [4.78, 5) is 7.69. The molecule has 0 unspecified atom stereocenters. The number of hydrogen-bond donors (Lipinski definition) is 3. The Bertz CT molecular complexity index is 572. The fraction of sp³-hybridized carbons (Fsp3) is 0.333. The molecule has 0 atom stereocenters.